The molecule has 0 spiro atoms. The molecule has 2 fully saturated rings. The molecular weight excluding hydrogens is 292 g/mol. The maximum Gasteiger partial charge on any atom is 0.238 e. The second-order valence-corrected chi connectivity index (χ2v) is 6.57. The topological polar surface area (TPSA) is 58.6 Å². The first-order valence-corrected chi connectivity index (χ1v) is 8.31. The van der Waals surface area contributed by atoms with Crippen LogP contribution in [0.2, 0.25) is 0 Å². The molecule has 3 rings (SSSR count). The molecule has 23 heavy (non-hydrogen) atoms. The summed E-state index contributed by atoms with van der Waals surface area (Å²) < 4.78 is 5.51. The average molecular weight is 316 g/mol. The number of nitrogens with one attached hydrogen (secondary N) is 1. The highest BCUT2D eigenvalue weighted by atomic mass is 16.5. The monoisotopic (exact) mass is 316 g/mol. The van der Waals surface area contributed by atoms with Crippen LogP contribution in [-0.2, 0) is 20.9 Å². The van der Waals surface area contributed by atoms with Gasteiger partial charge in [0.25, 0.3) is 0 Å². The summed E-state index contributed by atoms with van der Waals surface area (Å²) in [7, 11) is 1.77. The van der Waals surface area contributed by atoms with E-state index in [0.29, 0.717) is 25.9 Å². The van der Waals surface area contributed by atoms with Crippen molar-refractivity contribution in [2.75, 3.05) is 20.2 Å². The molecule has 2 aliphatic rings. The lowest BCUT2D eigenvalue weighted by molar-refractivity contribution is -0.143. The third-order valence-corrected chi connectivity index (χ3v) is 4.72. The first kappa shape index (κ1) is 16.0. The van der Waals surface area contributed by atoms with Crippen LogP contribution in [0, 0.1) is 5.41 Å². The molecule has 5 nitrogen and oxygen atoms in total. The number of carbonyl (C=O) groups is 2. The van der Waals surface area contributed by atoms with Crippen molar-refractivity contribution < 1.29 is 14.3 Å². The van der Waals surface area contributed by atoms with E-state index in [1.807, 2.05) is 30.3 Å². The van der Waals surface area contributed by atoms with Crippen LogP contribution < -0.4 is 5.32 Å². The van der Waals surface area contributed by atoms with Gasteiger partial charge in [-0.15, -0.1) is 0 Å². The summed E-state index contributed by atoms with van der Waals surface area (Å²) in [5.41, 5.74) is 0.223. The summed E-state index contributed by atoms with van der Waals surface area (Å²) in [6, 6.07) is 9.83. The van der Waals surface area contributed by atoms with E-state index in [4.69, 9.17) is 4.74 Å². The van der Waals surface area contributed by atoms with E-state index in [1.54, 1.807) is 11.9 Å². The Balaban J connectivity index is 1.55. The molecule has 1 saturated carbocycles. The summed E-state index contributed by atoms with van der Waals surface area (Å²) in [5.74, 6) is -0.218. The van der Waals surface area contributed by atoms with Crippen molar-refractivity contribution >= 4 is 11.8 Å². The highest BCUT2D eigenvalue weighted by Gasteiger charge is 2.57. The number of benzene rings is 1. The zero-order chi connectivity index (χ0) is 16.3. The molecule has 1 aromatic carbocycles. The van der Waals surface area contributed by atoms with Gasteiger partial charge in [0, 0.05) is 26.7 Å². The molecule has 1 aliphatic carbocycles. The molecule has 1 aliphatic heterocycles. The lowest BCUT2D eigenvalue weighted by Crippen LogP contribution is -2.45. The Kier molecular flexibility index (Phi) is 4.66. The van der Waals surface area contributed by atoms with Crippen LogP contribution in [0.15, 0.2) is 30.3 Å². The van der Waals surface area contributed by atoms with Crippen LogP contribution in [0.25, 0.3) is 0 Å². The summed E-state index contributed by atoms with van der Waals surface area (Å²) in [5, 5.41) is 2.92. The Morgan fingerprint density at radius 1 is 1.30 bits per heavy atom. The summed E-state index contributed by atoms with van der Waals surface area (Å²) >= 11 is 0. The van der Waals surface area contributed by atoms with Crippen LogP contribution in [0.4, 0.5) is 0 Å². The first-order valence-electron chi connectivity index (χ1n) is 8.31. The molecule has 1 N–H and O–H groups in total. The molecule has 124 valence electrons. The number of hydrogen-bond donors (Lipinski definition) is 1. The molecule has 1 aromatic rings. The minimum Gasteiger partial charge on any atom is -0.376 e. The molecular formula is C18H24N2O3. The minimum absolute atomic E-state index is 0.0776. The Hall–Kier alpha value is -1.88. The van der Waals surface area contributed by atoms with Crippen LogP contribution >= 0.6 is 0 Å². The van der Waals surface area contributed by atoms with Crippen molar-refractivity contribution in [2.24, 2.45) is 5.41 Å². The second kappa shape index (κ2) is 6.71. The number of nitrogens with zero attached hydrogens (tertiary/aromatic N) is 1. The van der Waals surface area contributed by atoms with Crippen molar-refractivity contribution in [1.29, 1.82) is 0 Å². The van der Waals surface area contributed by atoms with Crippen LogP contribution in [-0.4, -0.2) is 43.0 Å². The fourth-order valence-corrected chi connectivity index (χ4v) is 3.14. The van der Waals surface area contributed by atoms with Crippen LogP contribution in [0.3, 0.4) is 0 Å². The van der Waals surface area contributed by atoms with E-state index in [0.717, 1.165) is 25.0 Å². The molecule has 1 saturated heterocycles. The van der Waals surface area contributed by atoms with E-state index >= 15 is 0 Å². The number of ether oxygens (including phenoxy) is 1. The Labute approximate surface area is 137 Å². The maximum atomic E-state index is 12.7. The largest absolute Gasteiger partial charge is 0.376 e. The van der Waals surface area contributed by atoms with Gasteiger partial charge in [-0.3, -0.25) is 9.59 Å². The molecule has 1 heterocycles. The van der Waals surface area contributed by atoms with Crippen molar-refractivity contribution in [3.8, 4) is 0 Å². The first-order chi connectivity index (χ1) is 11.1. The zero-order valence-electron chi connectivity index (χ0n) is 13.6. The van der Waals surface area contributed by atoms with Gasteiger partial charge >= 0.3 is 0 Å². The van der Waals surface area contributed by atoms with Gasteiger partial charge in [-0.25, -0.2) is 0 Å². The van der Waals surface area contributed by atoms with E-state index in [-0.39, 0.29) is 17.9 Å². The van der Waals surface area contributed by atoms with E-state index < -0.39 is 5.41 Å². The third kappa shape index (κ3) is 3.55. The molecule has 1 atom stereocenters. The fraction of sp³-hybridized carbons (Fsp3) is 0.556. The number of amides is 2. The molecule has 0 bridgehead atoms. The van der Waals surface area contributed by atoms with Crippen molar-refractivity contribution in [3.63, 3.8) is 0 Å². The van der Waals surface area contributed by atoms with Gasteiger partial charge in [0.05, 0.1) is 6.10 Å². The maximum absolute atomic E-state index is 12.7. The van der Waals surface area contributed by atoms with Crippen molar-refractivity contribution in [2.45, 2.75) is 38.3 Å². The van der Waals surface area contributed by atoms with E-state index in [1.165, 1.54) is 0 Å². The van der Waals surface area contributed by atoms with Crippen LogP contribution in [0.5, 0.6) is 0 Å². The number of rotatable bonds is 6. The molecule has 5 heteroatoms. The van der Waals surface area contributed by atoms with Crippen LogP contribution in [0.1, 0.15) is 31.2 Å². The lowest BCUT2D eigenvalue weighted by atomic mass is 10.0. The zero-order valence-corrected chi connectivity index (χ0v) is 13.6. The minimum atomic E-state index is -0.845. The number of hydrogen-bond acceptors (Lipinski definition) is 3. The normalized spacial score (nSPS) is 21.7. The second-order valence-electron chi connectivity index (χ2n) is 6.57. The molecule has 1 unspecified atom stereocenters. The van der Waals surface area contributed by atoms with Gasteiger partial charge in [0.15, 0.2) is 0 Å². The van der Waals surface area contributed by atoms with Crippen molar-refractivity contribution in [3.05, 3.63) is 35.9 Å². The van der Waals surface area contributed by atoms with Gasteiger partial charge in [0.1, 0.15) is 5.41 Å². The average Bonchev–Trinajstić information content (AvgIpc) is 3.22. The fourth-order valence-electron chi connectivity index (χ4n) is 3.14. The van der Waals surface area contributed by atoms with E-state index in [9.17, 15) is 9.59 Å². The predicted molar refractivity (Wildman–Crippen MR) is 86.6 cm³/mol. The molecule has 0 radical (unpaired) electrons. The third-order valence-electron chi connectivity index (χ3n) is 4.72. The van der Waals surface area contributed by atoms with Gasteiger partial charge < -0.3 is 15.0 Å². The molecule has 0 aromatic heterocycles. The van der Waals surface area contributed by atoms with Gasteiger partial charge in [-0.1, -0.05) is 30.3 Å². The summed E-state index contributed by atoms with van der Waals surface area (Å²) in [6.07, 6.45) is 3.41. The highest BCUT2D eigenvalue weighted by molar-refractivity contribution is 6.07. The standard InChI is InChI=1S/C18H24N2O3/c1-20(13-14-6-3-2-4-7-14)17(22)18(9-10-18)16(21)19-12-15-8-5-11-23-15/h2-4,6-7,15H,5,8-13H2,1H3,(H,19,21). The highest BCUT2D eigenvalue weighted by Crippen LogP contribution is 2.47. The molecule has 2 amide bonds. The predicted octanol–water partition coefficient (Wildman–Crippen LogP) is 1.72. The van der Waals surface area contributed by atoms with Gasteiger partial charge in [-0.05, 0) is 31.2 Å². The number of carbonyl (C=O) groups excluding carboxylic acids is 2. The Morgan fingerprint density at radius 3 is 2.65 bits per heavy atom. The van der Waals surface area contributed by atoms with Crippen molar-refractivity contribution in [1.82, 2.24) is 10.2 Å². The smallest absolute Gasteiger partial charge is 0.238 e. The van der Waals surface area contributed by atoms with E-state index in [2.05, 4.69) is 5.32 Å². The van der Waals surface area contributed by atoms with Gasteiger partial charge in [0.2, 0.25) is 11.8 Å². The quantitative estimate of drug-likeness (QED) is 0.813. The summed E-state index contributed by atoms with van der Waals surface area (Å²) in [4.78, 5) is 26.8. The van der Waals surface area contributed by atoms with Gasteiger partial charge in [-0.2, -0.15) is 0 Å². The SMILES string of the molecule is CN(Cc1ccccc1)C(=O)C1(C(=O)NCC2CCCO2)CC1. The Bertz CT molecular complexity index is 563. The Morgan fingerprint density at radius 2 is 2.04 bits per heavy atom. The lowest BCUT2D eigenvalue weighted by Gasteiger charge is -2.23. The summed E-state index contributed by atoms with van der Waals surface area (Å²) in [6.45, 7) is 1.81.